The van der Waals surface area contributed by atoms with Crippen LogP contribution >= 0.6 is 0 Å². The van der Waals surface area contributed by atoms with Gasteiger partial charge < -0.3 is 4.57 Å². The lowest BCUT2D eigenvalue weighted by Crippen LogP contribution is -2.02. The highest BCUT2D eigenvalue weighted by Gasteiger charge is 2.20. The summed E-state index contributed by atoms with van der Waals surface area (Å²) in [6.07, 6.45) is 6.55. The summed E-state index contributed by atoms with van der Waals surface area (Å²) in [5.41, 5.74) is 4.05. The van der Waals surface area contributed by atoms with Crippen molar-refractivity contribution in [2.75, 3.05) is 0 Å². The summed E-state index contributed by atoms with van der Waals surface area (Å²) in [6.45, 7) is 5.34. The highest BCUT2D eigenvalue weighted by Crippen LogP contribution is 2.30. The maximum Gasteiger partial charge on any atom is 0.195 e. The van der Waals surface area contributed by atoms with Crippen LogP contribution in [0.25, 0.3) is 21.7 Å². The van der Waals surface area contributed by atoms with E-state index in [-0.39, 0.29) is 5.78 Å². The fourth-order valence-corrected chi connectivity index (χ4v) is 4.18. The summed E-state index contributed by atoms with van der Waals surface area (Å²) in [7, 11) is 0. The molecule has 1 heterocycles. The van der Waals surface area contributed by atoms with Crippen molar-refractivity contribution < 1.29 is 4.79 Å². The van der Waals surface area contributed by atoms with Gasteiger partial charge in [0, 0.05) is 34.8 Å². The van der Waals surface area contributed by atoms with E-state index in [1.54, 1.807) is 0 Å². The minimum atomic E-state index is 0.122. The fourth-order valence-electron chi connectivity index (χ4n) is 4.18. The van der Waals surface area contributed by atoms with Crippen molar-refractivity contribution in [2.24, 2.45) is 0 Å². The molecule has 2 heteroatoms. The van der Waals surface area contributed by atoms with E-state index >= 15 is 0 Å². The number of carbonyl (C=O) groups excluding carboxylic acids is 1. The van der Waals surface area contributed by atoms with Crippen LogP contribution < -0.4 is 0 Å². The number of ketones is 1. The maximum absolute atomic E-state index is 13.7. The lowest BCUT2D eigenvalue weighted by Gasteiger charge is -2.07. The van der Waals surface area contributed by atoms with Crippen molar-refractivity contribution in [3.05, 3.63) is 83.6 Å². The van der Waals surface area contributed by atoms with E-state index in [0.29, 0.717) is 0 Å². The fraction of sp³-hybridized carbons (Fsp3) is 0.269. The summed E-state index contributed by atoms with van der Waals surface area (Å²) in [5.74, 6) is 0.122. The van der Waals surface area contributed by atoms with E-state index in [0.717, 1.165) is 46.7 Å². The van der Waals surface area contributed by atoms with E-state index < -0.39 is 0 Å². The average Bonchev–Trinajstić information content (AvgIpc) is 3.12. The van der Waals surface area contributed by atoms with Crippen LogP contribution in [-0.2, 0) is 13.0 Å². The van der Waals surface area contributed by atoms with E-state index in [4.69, 9.17) is 0 Å². The van der Waals surface area contributed by atoms with Gasteiger partial charge in [0.05, 0.1) is 0 Å². The zero-order valence-electron chi connectivity index (χ0n) is 16.7. The molecular weight excluding hydrogens is 342 g/mol. The standard InChI is InChI=1S/C26H27NO/c1-3-5-8-17-27-18-23(25-19(4-2)12-10-16-24(25)27)26(28)22-15-9-13-20-11-6-7-14-21(20)22/h6-7,9-16,18H,3-5,8,17H2,1-2H3. The Bertz CT molecular complexity index is 1130. The van der Waals surface area contributed by atoms with Crippen molar-refractivity contribution >= 4 is 27.5 Å². The molecule has 0 radical (unpaired) electrons. The molecule has 4 rings (SSSR count). The third-order valence-electron chi connectivity index (χ3n) is 5.65. The molecule has 28 heavy (non-hydrogen) atoms. The van der Waals surface area contributed by atoms with Crippen LogP contribution in [0.2, 0.25) is 0 Å². The van der Waals surface area contributed by atoms with Crippen LogP contribution in [0.3, 0.4) is 0 Å². The molecule has 0 aliphatic carbocycles. The smallest absolute Gasteiger partial charge is 0.195 e. The van der Waals surface area contributed by atoms with Gasteiger partial charge in [0.15, 0.2) is 5.78 Å². The van der Waals surface area contributed by atoms with E-state index in [1.165, 1.54) is 23.9 Å². The largest absolute Gasteiger partial charge is 0.347 e. The summed E-state index contributed by atoms with van der Waals surface area (Å²) < 4.78 is 2.28. The highest BCUT2D eigenvalue weighted by atomic mass is 16.1. The number of rotatable bonds is 7. The Kier molecular flexibility index (Phi) is 5.29. The van der Waals surface area contributed by atoms with Gasteiger partial charge in [-0.2, -0.15) is 0 Å². The number of hydrogen-bond acceptors (Lipinski definition) is 1. The molecule has 0 fully saturated rings. The van der Waals surface area contributed by atoms with Crippen LogP contribution in [-0.4, -0.2) is 10.4 Å². The Hall–Kier alpha value is -2.87. The predicted octanol–water partition coefficient (Wildman–Crippen LogP) is 6.78. The molecule has 0 spiro atoms. The van der Waals surface area contributed by atoms with Crippen molar-refractivity contribution in [2.45, 2.75) is 46.1 Å². The summed E-state index contributed by atoms with van der Waals surface area (Å²) in [4.78, 5) is 13.7. The SMILES string of the molecule is CCCCCn1cc(C(=O)c2cccc3ccccc23)c2c(CC)cccc21. The second-order valence-electron chi connectivity index (χ2n) is 7.46. The molecule has 0 aliphatic heterocycles. The normalized spacial score (nSPS) is 11.4. The summed E-state index contributed by atoms with van der Waals surface area (Å²) >= 11 is 0. The molecule has 0 bridgehead atoms. The first kappa shape index (κ1) is 18.5. The van der Waals surface area contributed by atoms with Gasteiger partial charge in [0.2, 0.25) is 0 Å². The van der Waals surface area contributed by atoms with Crippen molar-refractivity contribution in [1.82, 2.24) is 4.57 Å². The van der Waals surface area contributed by atoms with Crippen LogP contribution in [0.15, 0.2) is 66.9 Å². The first-order chi connectivity index (χ1) is 13.7. The minimum Gasteiger partial charge on any atom is -0.347 e. The Morgan fingerprint density at radius 3 is 2.46 bits per heavy atom. The highest BCUT2D eigenvalue weighted by molar-refractivity contribution is 6.21. The number of carbonyl (C=O) groups is 1. The second-order valence-corrected chi connectivity index (χ2v) is 7.46. The average molecular weight is 370 g/mol. The number of hydrogen-bond donors (Lipinski definition) is 0. The minimum absolute atomic E-state index is 0.122. The van der Waals surface area contributed by atoms with Crippen LogP contribution in [0.5, 0.6) is 0 Å². The van der Waals surface area contributed by atoms with E-state index in [9.17, 15) is 4.79 Å². The molecule has 0 aliphatic rings. The lowest BCUT2D eigenvalue weighted by molar-refractivity contribution is 0.104. The van der Waals surface area contributed by atoms with Gasteiger partial charge in [-0.3, -0.25) is 4.79 Å². The van der Waals surface area contributed by atoms with Crippen LogP contribution in [0.1, 0.15) is 54.6 Å². The van der Waals surface area contributed by atoms with E-state index in [2.05, 4.69) is 54.9 Å². The van der Waals surface area contributed by atoms with Gasteiger partial charge in [-0.1, -0.05) is 81.3 Å². The molecule has 0 saturated heterocycles. The van der Waals surface area contributed by atoms with Gasteiger partial charge in [0.1, 0.15) is 0 Å². The zero-order valence-corrected chi connectivity index (χ0v) is 16.7. The molecular formula is C26H27NO. The third-order valence-corrected chi connectivity index (χ3v) is 5.65. The van der Waals surface area contributed by atoms with Crippen molar-refractivity contribution in [3.8, 4) is 0 Å². The molecule has 0 saturated carbocycles. The number of unbranched alkanes of at least 4 members (excludes halogenated alkanes) is 2. The van der Waals surface area contributed by atoms with Gasteiger partial charge in [-0.05, 0) is 35.2 Å². The molecule has 0 unspecified atom stereocenters. The van der Waals surface area contributed by atoms with Crippen LogP contribution in [0, 0.1) is 0 Å². The third kappa shape index (κ3) is 3.24. The molecule has 4 aromatic rings. The molecule has 0 N–H and O–H groups in total. The molecule has 3 aromatic carbocycles. The monoisotopic (exact) mass is 369 g/mol. The summed E-state index contributed by atoms with van der Waals surface area (Å²) in [5, 5.41) is 3.26. The Morgan fingerprint density at radius 2 is 1.64 bits per heavy atom. The quantitative estimate of drug-likeness (QED) is 0.260. The number of aromatic nitrogens is 1. The van der Waals surface area contributed by atoms with Gasteiger partial charge >= 0.3 is 0 Å². The van der Waals surface area contributed by atoms with E-state index in [1.807, 2.05) is 30.3 Å². The number of aryl methyl sites for hydroxylation is 2. The molecule has 0 amide bonds. The topological polar surface area (TPSA) is 22.0 Å². The maximum atomic E-state index is 13.7. The van der Waals surface area contributed by atoms with Crippen molar-refractivity contribution in [3.63, 3.8) is 0 Å². The zero-order chi connectivity index (χ0) is 19.5. The first-order valence-electron chi connectivity index (χ1n) is 10.4. The Labute approximate surface area is 166 Å². The van der Waals surface area contributed by atoms with Gasteiger partial charge in [-0.15, -0.1) is 0 Å². The number of nitrogens with zero attached hydrogens (tertiary/aromatic N) is 1. The molecule has 142 valence electrons. The first-order valence-corrected chi connectivity index (χ1v) is 10.4. The second kappa shape index (κ2) is 8.02. The van der Waals surface area contributed by atoms with Crippen LogP contribution in [0.4, 0.5) is 0 Å². The van der Waals surface area contributed by atoms with Crippen molar-refractivity contribution in [1.29, 1.82) is 0 Å². The summed E-state index contributed by atoms with van der Waals surface area (Å²) in [6, 6.07) is 20.6. The van der Waals surface area contributed by atoms with Gasteiger partial charge in [-0.25, -0.2) is 0 Å². The Balaban J connectivity index is 1.88. The molecule has 1 aromatic heterocycles. The Morgan fingerprint density at radius 1 is 0.857 bits per heavy atom. The van der Waals surface area contributed by atoms with Gasteiger partial charge in [0.25, 0.3) is 0 Å². The molecule has 0 atom stereocenters. The molecule has 2 nitrogen and oxygen atoms in total. The number of fused-ring (bicyclic) bond motifs is 2. The lowest BCUT2D eigenvalue weighted by atomic mass is 9.95. The predicted molar refractivity (Wildman–Crippen MR) is 118 cm³/mol. The number of benzene rings is 3.